The standard InChI is InChI=1S/C15H23BrN2O3/c1-18(2)14(10-17-9-13(16)15(19)21-4)11-6-5-7-12(8-11)20-3/h5-8,13-14,17H,9-10H2,1-4H3. The van der Waals surface area contributed by atoms with Crippen LogP contribution in [0.5, 0.6) is 5.75 Å². The molecule has 1 N–H and O–H groups in total. The van der Waals surface area contributed by atoms with Crippen molar-refractivity contribution < 1.29 is 14.3 Å². The van der Waals surface area contributed by atoms with Gasteiger partial charge in [0.25, 0.3) is 0 Å². The van der Waals surface area contributed by atoms with Gasteiger partial charge >= 0.3 is 5.97 Å². The third kappa shape index (κ3) is 5.65. The van der Waals surface area contributed by atoms with Crippen molar-refractivity contribution in [1.82, 2.24) is 10.2 Å². The van der Waals surface area contributed by atoms with Gasteiger partial charge in [-0.15, -0.1) is 0 Å². The highest BCUT2D eigenvalue weighted by molar-refractivity contribution is 9.10. The summed E-state index contributed by atoms with van der Waals surface area (Å²) >= 11 is 3.30. The zero-order valence-electron chi connectivity index (χ0n) is 12.9. The summed E-state index contributed by atoms with van der Waals surface area (Å²) in [6, 6.07) is 8.19. The van der Waals surface area contributed by atoms with Gasteiger partial charge in [0.15, 0.2) is 0 Å². The Kier molecular flexibility index (Phi) is 7.71. The van der Waals surface area contributed by atoms with Crippen molar-refractivity contribution in [2.24, 2.45) is 0 Å². The van der Waals surface area contributed by atoms with Crippen molar-refractivity contribution in [1.29, 1.82) is 0 Å². The maximum Gasteiger partial charge on any atom is 0.320 e. The second-order valence-corrected chi connectivity index (χ2v) is 6.01. The number of halogens is 1. The predicted octanol–water partition coefficient (Wildman–Crippen LogP) is 1.82. The van der Waals surface area contributed by atoms with E-state index in [9.17, 15) is 4.79 Å². The van der Waals surface area contributed by atoms with Crippen molar-refractivity contribution >= 4 is 21.9 Å². The van der Waals surface area contributed by atoms with E-state index < -0.39 is 0 Å². The molecule has 1 rings (SSSR count). The smallest absolute Gasteiger partial charge is 0.320 e. The second kappa shape index (κ2) is 9.02. The highest BCUT2D eigenvalue weighted by atomic mass is 79.9. The summed E-state index contributed by atoms with van der Waals surface area (Å²) in [5, 5.41) is 3.29. The Balaban J connectivity index is 2.64. The van der Waals surface area contributed by atoms with E-state index in [4.69, 9.17) is 4.74 Å². The third-order valence-electron chi connectivity index (χ3n) is 3.22. The molecule has 0 aromatic heterocycles. The minimum absolute atomic E-state index is 0.192. The summed E-state index contributed by atoms with van der Waals surface area (Å²) in [4.78, 5) is 13.1. The van der Waals surface area contributed by atoms with E-state index in [-0.39, 0.29) is 16.8 Å². The number of ether oxygens (including phenoxy) is 2. The van der Waals surface area contributed by atoms with Crippen LogP contribution in [-0.4, -0.2) is 57.1 Å². The lowest BCUT2D eigenvalue weighted by atomic mass is 10.1. The van der Waals surface area contributed by atoms with Crippen molar-refractivity contribution in [2.45, 2.75) is 10.9 Å². The van der Waals surface area contributed by atoms with E-state index >= 15 is 0 Å². The first-order valence-corrected chi connectivity index (χ1v) is 7.64. The van der Waals surface area contributed by atoms with Crippen LogP contribution in [0, 0.1) is 0 Å². The van der Waals surface area contributed by atoms with Gasteiger partial charge in [-0.2, -0.15) is 0 Å². The van der Waals surface area contributed by atoms with E-state index in [2.05, 4.69) is 36.9 Å². The fourth-order valence-corrected chi connectivity index (χ4v) is 2.42. The molecule has 118 valence electrons. The van der Waals surface area contributed by atoms with Crippen molar-refractivity contribution in [2.75, 3.05) is 41.4 Å². The number of carbonyl (C=O) groups excluding carboxylic acids is 1. The van der Waals surface area contributed by atoms with Crippen LogP contribution >= 0.6 is 15.9 Å². The van der Waals surface area contributed by atoms with Crippen molar-refractivity contribution in [3.8, 4) is 5.75 Å². The highest BCUT2D eigenvalue weighted by Crippen LogP contribution is 2.22. The number of esters is 1. The van der Waals surface area contributed by atoms with Crippen LogP contribution < -0.4 is 10.1 Å². The summed E-state index contributed by atoms with van der Waals surface area (Å²) in [7, 11) is 7.10. The third-order valence-corrected chi connectivity index (χ3v) is 3.92. The van der Waals surface area contributed by atoms with Crippen LogP contribution in [0.4, 0.5) is 0 Å². The number of nitrogens with zero attached hydrogens (tertiary/aromatic N) is 1. The molecule has 0 heterocycles. The molecule has 0 aliphatic heterocycles. The average Bonchev–Trinajstić information content (AvgIpc) is 2.50. The summed E-state index contributed by atoms with van der Waals surface area (Å²) in [6.45, 7) is 1.24. The summed E-state index contributed by atoms with van der Waals surface area (Å²) in [5.74, 6) is 0.567. The molecule has 0 saturated carbocycles. The Morgan fingerprint density at radius 1 is 1.33 bits per heavy atom. The molecule has 0 bridgehead atoms. The lowest BCUT2D eigenvalue weighted by molar-refractivity contribution is -0.139. The van der Waals surface area contributed by atoms with E-state index in [1.54, 1.807) is 7.11 Å². The minimum Gasteiger partial charge on any atom is -0.497 e. The SMILES string of the molecule is COC(=O)C(Br)CNCC(c1cccc(OC)c1)N(C)C. The zero-order chi connectivity index (χ0) is 15.8. The molecular weight excluding hydrogens is 336 g/mol. The monoisotopic (exact) mass is 358 g/mol. The van der Waals surface area contributed by atoms with Gasteiger partial charge in [-0.25, -0.2) is 0 Å². The molecule has 6 heteroatoms. The van der Waals surface area contributed by atoms with Gasteiger partial charge in [0.2, 0.25) is 0 Å². The van der Waals surface area contributed by atoms with E-state index in [0.29, 0.717) is 6.54 Å². The van der Waals surface area contributed by atoms with E-state index in [1.165, 1.54) is 7.11 Å². The number of carbonyl (C=O) groups is 1. The number of methoxy groups -OCH3 is 2. The number of rotatable bonds is 8. The molecule has 1 aromatic carbocycles. The van der Waals surface area contributed by atoms with Crippen LogP contribution in [0.1, 0.15) is 11.6 Å². The van der Waals surface area contributed by atoms with Gasteiger partial charge < -0.3 is 19.7 Å². The first-order valence-electron chi connectivity index (χ1n) is 6.72. The molecule has 0 aliphatic carbocycles. The number of nitrogens with one attached hydrogen (secondary N) is 1. The zero-order valence-corrected chi connectivity index (χ0v) is 14.5. The Bertz CT molecular complexity index is 454. The van der Waals surface area contributed by atoms with Crippen LogP contribution in [-0.2, 0) is 9.53 Å². The summed E-state index contributed by atoms with van der Waals surface area (Å²) in [6.07, 6.45) is 0. The van der Waals surface area contributed by atoms with Crippen molar-refractivity contribution in [3.63, 3.8) is 0 Å². The van der Waals surface area contributed by atoms with Crippen LogP contribution in [0.15, 0.2) is 24.3 Å². The van der Waals surface area contributed by atoms with Gasteiger partial charge in [0.05, 0.1) is 14.2 Å². The molecule has 2 atom stereocenters. The number of alkyl halides is 1. The molecule has 2 unspecified atom stereocenters. The van der Waals surface area contributed by atoms with E-state index in [0.717, 1.165) is 17.9 Å². The summed E-state index contributed by atoms with van der Waals surface area (Å²) in [5.41, 5.74) is 1.16. The molecule has 21 heavy (non-hydrogen) atoms. The molecule has 0 fully saturated rings. The van der Waals surface area contributed by atoms with E-state index in [1.807, 2.05) is 32.3 Å². The van der Waals surface area contributed by atoms with Crippen molar-refractivity contribution in [3.05, 3.63) is 29.8 Å². The fraction of sp³-hybridized carbons (Fsp3) is 0.533. The Hall–Kier alpha value is -1.11. The molecule has 0 saturated heterocycles. The molecule has 1 aromatic rings. The normalized spacial score (nSPS) is 13.8. The Morgan fingerprint density at radius 3 is 2.62 bits per heavy atom. The molecule has 0 spiro atoms. The van der Waals surface area contributed by atoms with Gasteiger partial charge in [0.1, 0.15) is 10.6 Å². The Labute approximate surface area is 134 Å². The lowest BCUT2D eigenvalue weighted by Crippen LogP contribution is -2.36. The van der Waals surface area contributed by atoms with Crippen LogP contribution in [0.2, 0.25) is 0 Å². The van der Waals surface area contributed by atoms with Crippen LogP contribution in [0.25, 0.3) is 0 Å². The molecule has 0 radical (unpaired) electrons. The summed E-state index contributed by atoms with van der Waals surface area (Å²) < 4.78 is 9.94. The van der Waals surface area contributed by atoms with Gasteiger partial charge in [-0.3, -0.25) is 4.79 Å². The average molecular weight is 359 g/mol. The fourth-order valence-electron chi connectivity index (χ4n) is 2.01. The minimum atomic E-state index is -0.337. The molecular formula is C15H23BrN2O3. The number of benzene rings is 1. The largest absolute Gasteiger partial charge is 0.497 e. The molecule has 5 nitrogen and oxygen atoms in total. The molecule has 0 aliphatic rings. The number of likely N-dealkylation sites (N-methyl/N-ethyl adjacent to an activating group) is 1. The first-order chi connectivity index (χ1) is 9.99. The van der Waals surface area contributed by atoms with Crippen LogP contribution in [0.3, 0.4) is 0 Å². The topological polar surface area (TPSA) is 50.8 Å². The maximum atomic E-state index is 11.3. The molecule has 0 amide bonds. The highest BCUT2D eigenvalue weighted by Gasteiger charge is 2.18. The van der Waals surface area contributed by atoms with Gasteiger partial charge in [-0.05, 0) is 31.8 Å². The number of hydrogen-bond acceptors (Lipinski definition) is 5. The number of hydrogen-bond donors (Lipinski definition) is 1. The van der Waals surface area contributed by atoms with Gasteiger partial charge in [-0.1, -0.05) is 28.1 Å². The van der Waals surface area contributed by atoms with Gasteiger partial charge in [0, 0.05) is 19.1 Å². The Morgan fingerprint density at radius 2 is 2.05 bits per heavy atom. The predicted molar refractivity (Wildman–Crippen MR) is 87.0 cm³/mol. The quantitative estimate of drug-likeness (QED) is 0.567. The first kappa shape index (κ1) is 17.9. The second-order valence-electron chi connectivity index (χ2n) is 4.90. The maximum absolute atomic E-state index is 11.3. The lowest BCUT2D eigenvalue weighted by Gasteiger charge is -2.26.